The number of benzene rings is 2. The van der Waals surface area contributed by atoms with Crippen LogP contribution in [-0.2, 0) is 11.8 Å². The molecule has 4 rings (SSSR count). The van der Waals surface area contributed by atoms with E-state index in [4.69, 9.17) is 16.3 Å². The highest BCUT2D eigenvalue weighted by Gasteiger charge is 2.21. The van der Waals surface area contributed by atoms with Gasteiger partial charge in [-0.1, -0.05) is 23.7 Å². The Labute approximate surface area is 179 Å². The van der Waals surface area contributed by atoms with Crippen molar-refractivity contribution in [3.8, 4) is 17.0 Å². The number of carbonyl (C=O) groups is 1. The van der Waals surface area contributed by atoms with Crippen molar-refractivity contribution in [3.63, 3.8) is 0 Å². The van der Waals surface area contributed by atoms with Crippen LogP contribution in [0.2, 0.25) is 5.02 Å². The molecule has 3 aromatic rings. The van der Waals surface area contributed by atoms with E-state index in [0.717, 1.165) is 36.5 Å². The Bertz CT molecular complexity index is 1030. The monoisotopic (exact) mass is 426 g/mol. The van der Waals surface area contributed by atoms with Crippen LogP contribution >= 0.6 is 11.6 Å². The minimum Gasteiger partial charge on any atom is -0.488 e. The van der Waals surface area contributed by atoms with Crippen LogP contribution < -0.4 is 15.4 Å². The van der Waals surface area contributed by atoms with Crippen molar-refractivity contribution >= 4 is 23.2 Å². The standard InChI is InChI=1S/C22H23ClN4O3/c1-27-19(9-11-25-27)18-12-16(6-7-20(18)30-17-8-10-24-13-17)26-22(29)21(28)14-2-4-15(23)5-3-14/h2-7,9,11-12,17,21,24,28H,8,10,13H2,1H3,(H,26,29). The molecule has 0 bridgehead atoms. The van der Waals surface area contributed by atoms with Crippen LogP contribution in [0.5, 0.6) is 5.75 Å². The summed E-state index contributed by atoms with van der Waals surface area (Å²) in [7, 11) is 1.85. The number of rotatable bonds is 6. The van der Waals surface area contributed by atoms with Gasteiger partial charge in [0.05, 0.1) is 5.69 Å². The first-order chi connectivity index (χ1) is 14.5. The van der Waals surface area contributed by atoms with Crippen LogP contribution in [0.4, 0.5) is 5.69 Å². The number of aryl methyl sites for hydroxylation is 1. The molecule has 3 N–H and O–H groups in total. The van der Waals surface area contributed by atoms with Gasteiger partial charge in [-0.3, -0.25) is 9.48 Å². The fourth-order valence-electron chi connectivity index (χ4n) is 3.46. The number of nitrogens with one attached hydrogen (secondary N) is 2. The first-order valence-electron chi connectivity index (χ1n) is 9.75. The molecule has 2 unspecified atom stereocenters. The van der Waals surface area contributed by atoms with Crippen LogP contribution in [0.25, 0.3) is 11.3 Å². The summed E-state index contributed by atoms with van der Waals surface area (Å²) in [4.78, 5) is 12.6. The second-order valence-corrected chi connectivity index (χ2v) is 7.66. The third kappa shape index (κ3) is 4.48. The topological polar surface area (TPSA) is 88.4 Å². The zero-order chi connectivity index (χ0) is 21.1. The fraction of sp³-hybridized carbons (Fsp3) is 0.273. The van der Waals surface area contributed by atoms with Crippen molar-refractivity contribution in [2.45, 2.75) is 18.6 Å². The van der Waals surface area contributed by atoms with Gasteiger partial charge in [-0.2, -0.15) is 5.10 Å². The summed E-state index contributed by atoms with van der Waals surface area (Å²) in [6, 6.07) is 13.9. The van der Waals surface area contributed by atoms with E-state index >= 15 is 0 Å². The summed E-state index contributed by atoms with van der Waals surface area (Å²) in [6.07, 6.45) is 1.45. The molecule has 30 heavy (non-hydrogen) atoms. The van der Waals surface area contributed by atoms with E-state index < -0.39 is 12.0 Å². The van der Waals surface area contributed by atoms with Gasteiger partial charge < -0.3 is 20.5 Å². The van der Waals surface area contributed by atoms with E-state index in [-0.39, 0.29) is 6.10 Å². The summed E-state index contributed by atoms with van der Waals surface area (Å²) >= 11 is 5.88. The summed E-state index contributed by atoms with van der Waals surface area (Å²) in [6.45, 7) is 1.74. The lowest BCUT2D eigenvalue weighted by Crippen LogP contribution is -2.21. The number of halogens is 1. The summed E-state index contributed by atoms with van der Waals surface area (Å²) in [5.41, 5.74) is 2.71. The molecule has 0 saturated carbocycles. The molecule has 156 valence electrons. The molecule has 7 nitrogen and oxygen atoms in total. The molecule has 1 saturated heterocycles. The minimum absolute atomic E-state index is 0.101. The van der Waals surface area contributed by atoms with Crippen molar-refractivity contribution in [2.24, 2.45) is 7.05 Å². The Balaban J connectivity index is 1.58. The maximum atomic E-state index is 12.6. The molecule has 0 aliphatic carbocycles. The third-order valence-corrected chi connectivity index (χ3v) is 5.34. The molecule has 1 aliphatic heterocycles. The smallest absolute Gasteiger partial charge is 0.257 e. The molecule has 0 radical (unpaired) electrons. The molecule has 1 aliphatic rings. The number of nitrogens with zero attached hydrogens (tertiary/aromatic N) is 2. The van der Waals surface area contributed by atoms with Crippen molar-refractivity contribution in [2.75, 3.05) is 18.4 Å². The molecule has 2 heterocycles. The fourth-order valence-corrected chi connectivity index (χ4v) is 3.59. The maximum Gasteiger partial charge on any atom is 0.257 e. The first kappa shape index (κ1) is 20.4. The largest absolute Gasteiger partial charge is 0.488 e. The lowest BCUT2D eigenvalue weighted by atomic mass is 10.1. The molecule has 1 aromatic heterocycles. The number of hydrogen-bond donors (Lipinski definition) is 3. The van der Waals surface area contributed by atoms with Gasteiger partial charge in [0.15, 0.2) is 6.10 Å². The lowest BCUT2D eigenvalue weighted by Gasteiger charge is -2.18. The van der Waals surface area contributed by atoms with Crippen molar-refractivity contribution in [1.29, 1.82) is 0 Å². The average molecular weight is 427 g/mol. The highest BCUT2D eigenvalue weighted by Crippen LogP contribution is 2.34. The molecular weight excluding hydrogens is 404 g/mol. The quantitative estimate of drug-likeness (QED) is 0.563. The van der Waals surface area contributed by atoms with Gasteiger partial charge in [0.2, 0.25) is 0 Å². The van der Waals surface area contributed by atoms with E-state index in [9.17, 15) is 9.90 Å². The van der Waals surface area contributed by atoms with Crippen LogP contribution in [-0.4, -0.2) is 40.0 Å². The second-order valence-electron chi connectivity index (χ2n) is 7.23. The van der Waals surface area contributed by atoms with Gasteiger partial charge in [-0.15, -0.1) is 0 Å². The Morgan fingerprint density at radius 3 is 2.77 bits per heavy atom. The number of aliphatic hydroxyl groups is 1. The van der Waals surface area contributed by atoms with Crippen molar-refractivity contribution < 1.29 is 14.6 Å². The maximum absolute atomic E-state index is 12.6. The highest BCUT2D eigenvalue weighted by molar-refractivity contribution is 6.30. The molecule has 2 atom stereocenters. The van der Waals surface area contributed by atoms with E-state index in [1.54, 1.807) is 41.2 Å². The third-order valence-electron chi connectivity index (χ3n) is 5.09. The zero-order valence-corrected chi connectivity index (χ0v) is 17.3. The Hall–Kier alpha value is -2.87. The van der Waals surface area contributed by atoms with Gasteiger partial charge in [0.1, 0.15) is 11.9 Å². The molecular formula is C22H23ClN4O3. The van der Waals surface area contributed by atoms with Gasteiger partial charge in [-0.25, -0.2) is 0 Å². The zero-order valence-electron chi connectivity index (χ0n) is 16.5. The van der Waals surface area contributed by atoms with Crippen LogP contribution in [0.1, 0.15) is 18.1 Å². The van der Waals surface area contributed by atoms with Gasteiger partial charge in [0.25, 0.3) is 5.91 Å². The number of amides is 1. The number of aromatic nitrogens is 2. The summed E-state index contributed by atoms with van der Waals surface area (Å²) in [5, 5.41) is 21.2. The van der Waals surface area contributed by atoms with Crippen LogP contribution in [0.15, 0.2) is 54.7 Å². The van der Waals surface area contributed by atoms with Crippen LogP contribution in [0, 0.1) is 0 Å². The van der Waals surface area contributed by atoms with Crippen molar-refractivity contribution in [1.82, 2.24) is 15.1 Å². The van der Waals surface area contributed by atoms with Gasteiger partial charge in [0, 0.05) is 36.1 Å². The number of anilines is 1. The molecule has 2 aromatic carbocycles. The average Bonchev–Trinajstić information content (AvgIpc) is 3.41. The number of ether oxygens (including phenoxy) is 1. The van der Waals surface area contributed by atoms with E-state index in [2.05, 4.69) is 15.7 Å². The van der Waals surface area contributed by atoms with E-state index in [0.29, 0.717) is 16.3 Å². The SMILES string of the molecule is Cn1nccc1-c1cc(NC(=O)C(O)c2ccc(Cl)cc2)ccc1OC1CCNC1. The summed E-state index contributed by atoms with van der Waals surface area (Å²) < 4.78 is 7.95. The minimum atomic E-state index is -1.30. The number of carbonyl (C=O) groups excluding carboxylic acids is 1. The highest BCUT2D eigenvalue weighted by atomic mass is 35.5. The van der Waals surface area contributed by atoms with Gasteiger partial charge >= 0.3 is 0 Å². The number of hydrogen-bond acceptors (Lipinski definition) is 5. The molecule has 1 amide bonds. The molecule has 0 spiro atoms. The van der Waals surface area contributed by atoms with E-state index in [1.165, 1.54) is 0 Å². The van der Waals surface area contributed by atoms with E-state index in [1.807, 2.05) is 25.2 Å². The normalized spacial score (nSPS) is 17.0. The molecule has 8 heteroatoms. The van der Waals surface area contributed by atoms with Crippen molar-refractivity contribution in [3.05, 3.63) is 65.3 Å². The number of aliphatic hydroxyl groups excluding tert-OH is 1. The van der Waals surface area contributed by atoms with Crippen LogP contribution in [0.3, 0.4) is 0 Å². The lowest BCUT2D eigenvalue weighted by molar-refractivity contribution is -0.124. The predicted molar refractivity (Wildman–Crippen MR) is 116 cm³/mol. The predicted octanol–water partition coefficient (Wildman–Crippen LogP) is 3.15. The first-order valence-corrected chi connectivity index (χ1v) is 10.1. The summed E-state index contributed by atoms with van der Waals surface area (Å²) in [5.74, 6) is 0.200. The molecule has 1 fully saturated rings. The van der Waals surface area contributed by atoms with Gasteiger partial charge in [-0.05, 0) is 54.9 Å². The second kappa shape index (κ2) is 8.87. The Morgan fingerprint density at radius 2 is 2.10 bits per heavy atom. The Kier molecular flexibility index (Phi) is 6.03. The Morgan fingerprint density at radius 1 is 1.30 bits per heavy atom.